The first-order chi connectivity index (χ1) is 11.5. The largest absolute Gasteiger partial charge is 0.353 e. The van der Waals surface area contributed by atoms with E-state index in [2.05, 4.69) is 15.2 Å². The number of carbonyl (C=O) groups excluding carboxylic acids is 2. The van der Waals surface area contributed by atoms with Crippen molar-refractivity contribution in [1.82, 2.24) is 20.0 Å². The first-order valence-corrected chi connectivity index (χ1v) is 9.10. The van der Waals surface area contributed by atoms with E-state index in [0.29, 0.717) is 18.5 Å². The number of nitrogens with zero attached hydrogens (tertiary/aromatic N) is 4. The summed E-state index contributed by atoms with van der Waals surface area (Å²) in [5.41, 5.74) is 0. The van der Waals surface area contributed by atoms with Gasteiger partial charge in [-0.15, -0.1) is 0 Å². The quantitative estimate of drug-likeness (QED) is 0.594. The molecule has 2 aliphatic heterocycles. The summed E-state index contributed by atoms with van der Waals surface area (Å²) in [5.74, 6) is 1.14. The number of guanidine groups is 1. The van der Waals surface area contributed by atoms with Gasteiger partial charge in [0, 0.05) is 52.2 Å². The van der Waals surface area contributed by atoms with Gasteiger partial charge in [0.1, 0.15) is 6.54 Å². The molecule has 24 heavy (non-hydrogen) atoms. The summed E-state index contributed by atoms with van der Waals surface area (Å²) in [4.78, 5) is 34.2. The molecule has 134 valence electrons. The number of nitrogens with one attached hydrogen (secondary N) is 1. The van der Waals surface area contributed by atoms with Crippen molar-refractivity contribution in [1.29, 1.82) is 0 Å². The van der Waals surface area contributed by atoms with Crippen molar-refractivity contribution in [2.24, 2.45) is 4.99 Å². The molecule has 2 saturated heterocycles. The van der Waals surface area contributed by atoms with Crippen molar-refractivity contribution in [3.8, 4) is 0 Å². The maximum atomic E-state index is 11.9. The van der Waals surface area contributed by atoms with Crippen molar-refractivity contribution in [3.05, 3.63) is 0 Å². The molecule has 7 heteroatoms. The Morgan fingerprint density at radius 1 is 1.25 bits per heavy atom. The SMILES string of the molecule is CN(C)C(=O)CN=C(NC1CCCC1)N1CCN2C(=O)CCC2C1. The fourth-order valence-electron chi connectivity index (χ4n) is 3.83. The van der Waals surface area contributed by atoms with Gasteiger partial charge >= 0.3 is 0 Å². The van der Waals surface area contributed by atoms with E-state index < -0.39 is 0 Å². The highest BCUT2D eigenvalue weighted by atomic mass is 16.2. The minimum absolute atomic E-state index is 0.00963. The zero-order valence-electron chi connectivity index (χ0n) is 14.8. The molecule has 1 atom stereocenters. The van der Waals surface area contributed by atoms with Crippen LogP contribution in [0.2, 0.25) is 0 Å². The van der Waals surface area contributed by atoms with Crippen LogP contribution in [-0.2, 0) is 9.59 Å². The summed E-state index contributed by atoms with van der Waals surface area (Å²) in [6, 6.07) is 0.757. The van der Waals surface area contributed by atoms with E-state index in [-0.39, 0.29) is 18.4 Å². The van der Waals surface area contributed by atoms with Crippen molar-refractivity contribution in [3.63, 3.8) is 0 Å². The second-order valence-corrected chi connectivity index (χ2v) is 7.28. The van der Waals surface area contributed by atoms with Crippen molar-refractivity contribution in [2.75, 3.05) is 40.3 Å². The summed E-state index contributed by atoms with van der Waals surface area (Å²) in [5, 5.41) is 3.57. The number of hydrogen-bond acceptors (Lipinski definition) is 3. The number of amides is 2. The maximum absolute atomic E-state index is 11.9. The highest BCUT2D eigenvalue weighted by Gasteiger charge is 2.36. The lowest BCUT2D eigenvalue weighted by Crippen LogP contribution is -2.57. The number of piperazine rings is 1. The Kier molecular flexibility index (Phi) is 5.26. The predicted molar refractivity (Wildman–Crippen MR) is 92.7 cm³/mol. The van der Waals surface area contributed by atoms with Gasteiger partial charge in [-0.1, -0.05) is 12.8 Å². The fraction of sp³-hybridized carbons (Fsp3) is 0.824. The van der Waals surface area contributed by atoms with Gasteiger partial charge in [0.05, 0.1) is 0 Å². The van der Waals surface area contributed by atoms with Crippen LogP contribution in [0.4, 0.5) is 0 Å². The van der Waals surface area contributed by atoms with Gasteiger partial charge in [-0.3, -0.25) is 9.59 Å². The van der Waals surface area contributed by atoms with E-state index in [1.165, 1.54) is 25.7 Å². The molecule has 1 aliphatic carbocycles. The van der Waals surface area contributed by atoms with E-state index in [4.69, 9.17) is 0 Å². The Labute approximate surface area is 144 Å². The van der Waals surface area contributed by atoms with Crippen LogP contribution >= 0.6 is 0 Å². The van der Waals surface area contributed by atoms with E-state index in [1.54, 1.807) is 19.0 Å². The average molecular weight is 335 g/mol. The molecule has 0 aromatic rings. The lowest BCUT2D eigenvalue weighted by Gasteiger charge is -2.39. The zero-order chi connectivity index (χ0) is 17.1. The Bertz CT molecular complexity index is 513. The number of carbonyl (C=O) groups is 2. The van der Waals surface area contributed by atoms with E-state index in [0.717, 1.165) is 32.0 Å². The van der Waals surface area contributed by atoms with Crippen molar-refractivity contribution >= 4 is 17.8 Å². The Morgan fingerprint density at radius 2 is 2.00 bits per heavy atom. The smallest absolute Gasteiger partial charge is 0.243 e. The molecular weight excluding hydrogens is 306 g/mol. The Morgan fingerprint density at radius 3 is 2.71 bits per heavy atom. The monoisotopic (exact) mass is 335 g/mol. The van der Waals surface area contributed by atoms with Gasteiger partial charge in [0.15, 0.2) is 5.96 Å². The predicted octanol–water partition coefficient (Wildman–Crippen LogP) is 0.269. The minimum Gasteiger partial charge on any atom is -0.353 e. The first kappa shape index (κ1) is 17.0. The number of aliphatic imine (C=N–C) groups is 1. The zero-order valence-corrected chi connectivity index (χ0v) is 14.8. The molecule has 2 amide bonds. The molecule has 7 nitrogen and oxygen atoms in total. The van der Waals surface area contributed by atoms with E-state index in [1.807, 2.05) is 4.90 Å². The molecule has 0 radical (unpaired) electrons. The third kappa shape index (κ3) is 3.82. The summed E-state index contributed by atoms with van der Waals surface area (Å²) in [6.07, 6.45) is 6.45. The molecule has 3 fully saturated rings. The molecule has 1 saturated carbocycles. The van der Waals surface area contributed by atoms with Crippen LogP contribution in [0.3, 0.4) is 0 Å². The van der Waals surface area contributed by atoms with Gasteiger partial charge in [-0.25, -0.2) is 4.99 Å². The van der Waals surface area contributed by atoms with Crippen LogP contribution in [0.15, 0.2) is 4.99 Å². The first-order valence-electron chi connectivity index (χ1n) is 9.10. The minimum atomic E-state index is 0.00963. The van der Waals surface area contributed by atoms with E-state index >= 15 is 0 Å². The maximum Gasteiger partial charge on any atom is 0.243 e. The molecular formula is C17H29N5O2. The normalized spacial score (nSPS) is 25.2. The summed E-state index contributed by atoms with van der Waals surface area (Å²) in [7, 11) is 3.51. The lowest BCUT2D eigenvalue weighted by atomic mass is 10.1. The lowest BCUT2D eigenvalue weighted by molar-refractivity contribution is -0.130. The van der Waals surface area contributed by atoms with Gasteiger partial charge in [-0.05, 0) is 19.3 Å². The van der Waals surface area contributed by atoms with Crippen molar-refractivity contribution < 1.29 is 9.59 Å². The van der Waals surface area contributed by atoms with Crippen LogP contribution in [0, 0.1) is 0 Å². The molecule has 2 heterocycles. The highest BCUT2D eigenvalue weighted by molar-refractivity contribution is 5.85. The fourth-order valence-corrected chi connectivity index (χ4v) is 3.83. The van der Waals surface area contributed by atoms with Crippen LogP contribution in [0.5, 0.6) is 0 Å². The summed E-state index contributed by atoms with van der Waals surface area (Å²) >= 11 is 0. The molecule has 0 spiro atoms. The van der Waals surface area contributed by atoms with Crippen LogP contribution in [-0.4, -0.2) is 84.8 Å². The van der Waals surface area contributed by atoms with Crippen molar-refractivity contribution in [2.45, 2.75) is 50.6 Å². The molecule has 1 N–H and O–H groups in total. The third-order valence-electron chi connectivity index (χ3n) is 5.35. The molecule has 0 aromatic carbocycles. The van der Waals surface area contributed by atoms with Gasteiger partial charge in [0.25, 0.3) is 0 Å². The van der Waals surface area contributed by atoms with E-state index in [9.17, 15) is 9.59 Å². The third-order valence-corrected chi connectivity index (χ3v) is 5.35. The average Bonchev–Trinajstić information content (AvgIpc) is 3.20. The number of likely N-dealkylation sites (N-methyl/N-ethyl adjacent to an activating group) is 1. The second kappa shape index (κ2) is 7.40. The van der Waals surface area contributed by atoms with Crippen LogP contribution in [0.25, 0.3) is 0 Å². The summed E-state index contributed by atoms with van der Waals surface area (Å²) in [6.45, 7) is 2.54. The van der Waals surface area contributed by atoms with Crippen LogP contribution < -0.4 is 5.32 Å². The standard InChI is InChI=1S/C17H29N5O2/c1-20(2)16(24)11-18-17(19-13-5-3-4-6-13)21-9-10-22-14(12-21)7-8-15(22)23/h13-14H,3-12H2,1-2H3,(H,18,19). The summed E-state index contributed by atoms with van der Waals surface area (Å²) < 4.78 is 0. The van der Waals surface area contributed by atoms with Gasteiger partial charge in [0.2, 0.25) is 11.8 Å². The Balaban J connectivity index is 1.67. The molecule has 3 aliphatic rings. The highest BCUT2D eigenvalue weighted by Crippen LogP contribution is 2.23. The van der Waals surface area contributed by atoms with Gasteiger partial charge in [-0.2, -0.15) is 0 Å². The topological polar surface area (TPSA) is 68.2 Å². The van der Waals surface area contributed by atoms with Gasteiger partial charge < -0.3 is 20.0 Å². The van der Waals surface area contributed by atoms with Crippen LogP contribution in [0.1, 0.15) is 38.5 Å². The molecule has 0 bridgehead atoms. The Hall–Kier alpha value is -1.79. The number of hydrogen-bond donors (Lipinski definition) is 1. The number of fused-ring (bicyclic) bond motifs is 1. The molecule has 0 aromatic heterocycles. The second-order valence-electron chi connectivity index (χ2n) is 7.28. The molecule has 1 unspecified atom stereocenters. The number of rotatable bonds is 3. The molecule has 3 rings (SSSR count).